The first-order chi connectivity index (χ1) is 11.1. The van der Waals surface area contributed by atoms with Gasteiger partial charge in [0.25, 0.3) is 0 Å². The number of benzene rings is 1. The SMILES string of the molecule is COc1ccc(F)cc1C(C)NCc1cnc2n[nH]c(C)c2c1. The number of rotatable bonds is 5. The molecule has 5 nitrogen and oxygen atoms in total. The fourth-order valence-corrected chi connectivity index (χ4v) is 2.58. The van der Waals surface area contributed by atoms with Gasteiger partial charge in [0.1, 0.15) is 11.6 Å². The van der Waals surface area contributed by atoms with Gasteiger partial charge in [-0.2, -0.15) is 5.10 Å². The Morgan fingerprint density at radius 3 is 2.96 bits per heavy atom. The lowest BCUT2D eigenvalue weighted by Gasteiger charge is -2.17. The maximum atomic E-state index is 13.5. The zero-order chi connectivity index (χ0) is 16.4. The molecule has 6 heteroatoms. The predicted molar refractivity (Wildman–Crippen MR) is 86.8 cm³/mol. The first-order valence-corrected chi connectivity index (χ1v) is 7.45. The predicted octanol–water partition coefficient (Wildman–Crippen LogP) is 3.26. The van der Waals surface area contributed by atoms with Crippen LogP contribution in [-0.4, -0.2) is 22.3 Å². The van der Waals surface area contributed by atoms with Gasteiger partial charge in [0.05, 0.1) is 7.11 Å². The highest BCUT2D eigenvalue weighted by atomic mass is 19.1. The summed E-state index contributed by atoms with van der Waals surface area (Å²) in [5.74, 6) is 0.400. The van der Waals surface area contributed by atoms with E-state index in [1.165, 1.54) is 12.1 Å². The number of aromatic nitrogens is 3. The Labute approximate surface area is 133 Å². The van der Waals surface area contributed by atoms with Crippen molar-refractivity contribution < 1.29 is 9.13 Å². The van der Waals surface area contributed by atoms with Crippen molar-refractivity contribution in [3.05, 3.63) is 53.1 Å². The van der Waals surface area contributed by atoms with Crippen molar-refractivity contribution in [2.45, 2.75) is 26.4 Å². The zero-order valence-corrected chi connectivity index (χ0v) is 13.4. The van der Waals surface area contributed by atoms with Gasteiger partial charge in [-0.1, -0.05) is 0 Å². The molecule has 1 unspecified atom stereocenters. The van der Waals surface area contributed by atoms with Crippen LogP contribution in [0.3, 0.4) is 0 Å². The summed E-state index contributed by atoms with van der Waals surface area (Å²) in [7, 11) is 1.59. The number of nitrogens with one attached hydrogen (secondary N) is 2. The molecule has 3 rings (SSSR count). The van der Waals surface area contributed by atoms with Gasteiger partial charge >= 0.3 is 0 Å². The minimum atomic E-state index is -0.272. The van der Waals surface area contributed by atoms with E-state index < -0.39 is 0 Å². The number of halogens is 1. The monoisotopic (exact) mass is 314 g/mol. The molecule has 3 aromatic rings. The van der Waals surface area contributed by atoms with E-state index in [1.54, 1.807) is 19.4 Å². The van der Waals surface area contributed by atoms with Crippen LogP contribution in [0.5, 0.6) is 5.75 Å². The molecule has 1 atom stereocenters. The lowest BCUT2D eigenvalue weighted by molar-refractivity contribution is 0.399. The average Bonchev–Trinajstić information content (AvgIpc) is 2.93. The molecule has 1 aromatic carbocycles. The molecule has 2 aromatic heterocycles. The van der Waals surface area contributed by atoms with E-state index in [0.717, 1.165) is 22.2 Å². The van der Waals surface area contributed by atoms with Gasteiger partial charge in [0.15, 0.2) is 5.65 Å². The normalized spacial score (nSPS) is 12.5. The van der Waals surface area contributed by atoms with E-state index in [4.69, 9.17) is 4.74 Å². The van der Waals surface area contributed by atoms with Crippen molar-refractivity contribution in [1.82, 2.24) is 20.5 Å². The van der Waals surface area contributed by atoms with Crippen LogP contribution in [0.2, 0.25) is 0 Å². The first-order valence-electron chi connectivity index (χ1n) is 7.45. The second-order valence-electron chi connectivity index (χ2n) is 5.55. The summed E-state index contributed by atoms with van der Waals surface area (Å²) in [4.78, 5) is 4.33. The second-order valence-corrected chi connectivity index (χ2v) is 5.55. The summed E-state index contributed by atoms with van der Waals surface area (Å²) < 4.78 is 18.8. The van der Waals surface area contributed by atoms with Crippen molar-refractivity contribution in [3.8, 4) is 5.75 Å². The summed E-state index contributed by atoms with van der Waals surface area (Å²) in [6.45, 7) is 4.56. The third-order valence-electron chi connectivity index (χ3n) is 3.93. The molecule has 2 heterocycles. The number of pyridine rings is 1. The molecule has 0 spiro atoms. The van der Waals surface area contributed by atoms with Gasteiger partial charge in [-0.05, 0) is 43.7 Å². The Bertz CT molecular complexity index is 831. The Morgan fingerprint density at radius 1 is 1.35 bits per heavy atom. The van der Waals surface area contributed by atoms with Gasteiger partial charge in [-0.15, -0.1) is 0 Å². The van der Waals surface area contributed by atoms with Crippen molar-refractivity contribution in [3.63, 3.8) is 0 Å². The number of fused-ring (bicyclic) bond motifs is 1. The van der Waals surface area contributed by atoms with Crippen molar-refractivity contribution in [2.75, 3.05) is 7.11 Å². The standard InChI is InChI=1S/C17H19FN4O/c1-10(14-7-13(18)4-5-16(14)23-3)19-8-12-6-15-11(2)21-22-17(15)20-9-12/h4-7,9-10,19H,8H2,1-3H3,(H,20,21,22). The quantitative estimate of drug-likeness (QED) is 0.759. The average molecular weight is 314 g/mol. The molecule has 0 bridgehead atoms. The maximum Gasteiger partial charge on any atom is 0.181 e. The van der Waals surface area contributed by atoms with Crippen LogP contribution < -0.4 is 10.1 Å². The minimum Gasteiger partial charge on any atom is -0.496 e. The number of hydrogen-bond acceptors (Lipinski definition) is 4. The lowest BCUT2D eigenvalue weighted by Crippen LogP contribution is -2.19. The number of hydrogen-bond donors (Lipinski definition) is 2. The van der Waals surface area contributed by atoms with Crippen LogP contribution in [-0.2, 0) is 6.54 Å². The lowest BCUT2D eigenvalue weighted by atomic mass is 10.1. The smallest absolute Gasteiger partial charge is 0.181 e. The first kappa shape index (κ1) is 15.4. The van der Waals surface area contributed by atoms with Crippen LogP contribution in [0.25, 0.3) is 11.0 Å². The van der Waals surface area contributed by atoms with Gasteiger partial charge in [-0.3, -0.25) is 5.10 Å². The number of H-pyrrole nitrogens is 1. The molecule has 0 fully saturated rings. The molecule has 0 saturated heterocycles. The topological polar surface area (TPSA) is 62.8 Å². The third-order valence-corrected chi connectivity index (χ3v) is 3.93. The molecule has 120 valence electrons. The number of methoxy groups -OCH3 is 1. The van der Waals surface area contributed by atoms with E-state index >= 15 is 0 Å². The molecule has 2 N–H and O–H groups in total. The van der Waals surface area contributed by atoms with Gasteiger partial charge < -0.3 is 10.1 Å². The van der Waals surface area contributed by atoms with E-state index in [2.05, 4.69) is 26.6 Å². The Hall–Kier alpha value is -2.47. The zero-order valence-electron chi connectivity index (χ0n) is 13.4. The summed E-state index contributed by atoms with van der Waals surface area (Å²) >= 11 is 0. The van der Waals surface area contributed by atoms with Crippen LogP contribution in [0, 0.1) is 12.7 Å². The van der Waals surface area contributed by atoms with Crippen LogP contribution in [0.1, 0.15) is 29.8 Å². The fraction of sp³-hybridized carbons (Fsp3) is 0.294. The molecule has 0 amide bonds. The molecular formula is C17H19FN4O. The molecule has 23 heavy (non-hydrogen) atoms. The largest absolute Gasteiger partial charge is 0.496 e. The highest BCUT2D eigenvalue weighted by Crippen LogP contribution is 2.26. The molecule has 0 aliphatic rings. The number of aryl methyl sites for hydroxylation is 1. The van der Waals surface area contributed by atoms with E-state index in [0.29, 0.717) is 17.9 Å². The summed E-state index contributed by atoms with van der Waals surface area (Å²) in [6.07, 6.45) is 1.80. The van der Waals surface area contributed by atoms with Crippen molar-refractivity contribution in [2.24, 2.45) is 0 Å². The van der Waals surface area contributed by atoms with Crippen molar-refractivity contribution in [1.29, 1.82) is 0 Å². The fourth-order valence-electron chi connectivity index (χ4n) is 2.58. The Morgan fingerprint density at radius 2 is 2.17 bits per heavy atom. The van der Waals surface area contributed by atoms with E-state index in [1.807, 2.05) is 13.8 Å². The second kappa shape index (κ2) is 6.34. The third kappa shape index (κ3) is 3.17. The highest BCUT2D eigenvalue weighted by Gasteiger charge is 2.13. The summed E-state index contributed by atoms with van der Waals surface area (Å²) in [5, 5.41) is 11.4. The Kier molecular flexibility index (Phi) is 4.25. The van der Waals surface area contributed by atoms with Gasteiger partial charge in [0, 0.05) is 35.4 Å². The van der Waals surface area contributed by atoms with E-state index in [9.17, 15) is 4.39 Å². The molecule has 0 aliphatic heterocycles. The van der Waals surface area contributed by atoms with Crippen LogP contribution in [0.4, 0.5) is 4.39 Å². The highest BCUT2D eigenvalue weighted by molar-refractivity contribution is 5.77. The Balaban J connectivity index is 1.76. The van der Waals surface area contributed by atoms with Crippen LogP contribution >= 0.6 is 0 Å². The number of ether oxygens (including phenoxy) is 1. The van der Waals surface area contributed by atoms with Gasteiger partial charge in [0.2, 0.25) is 0 Å². The minimum absolute atomic E-state index is 0.0539. The molecule has 0 radical (unpaired) electrons. The summed E-state index contributed by atoms with van der Waals surface area (Å²) in [6, 6.07) is 6.55. The maximum absolute atomic E-state index is 13.5. The van der Waals surface area contributed by atoms with E-state index in [-0.39, 0.29) is 11.9 Å². The molecule has 0 aliphatic carbocycles. The molecular weight excluding hydrogens is 295 g/mol. The van der Waals surface area contributed by atoms with Crippen molar-refractivity contribution >= 4 is 11.0 Å². The van der Waals surface area contributed by atoms with Gasteiger partial charge in [-0.25, -0.2) is 9.37 Å². The number of nitrogens with zero attached hydrogens (tertiary/aromatic N) is 2. The number of aromatic amines is 1. The van der Waals surface area contributed by atoms with Crippen LogP contribution in [0.15, 0.2) is 30.5 Å². The summed E-state index contributed by atoms with van der Waals surface area (Å²) in [5.41, 5.74) is 3.55. The molecule has 0 saturated carbocycles.